The minimum Gasteiger partial charge on any atom is -0.756 e. The average Bonchev–Trinajstić information content (AvgIpc) is 3.23. The Kier molecular flexibility index (Phi) is 13.8. The molecule has 0 aliphatic rings. The number of aromatic amines is 2. The maximum absolute atomic E-state index is 11.8. The highest BCUT2D eigenvalue weighted by molar-refractivity contribution is 7.45. The molecule has 2 unspecified atom stereocenters. The fraction of sp³-hybridized carbons (Fsp3) is 0.727. The van der Waals surface area contributed by atoms with E-state index in [1.807, 2.05) is 24.3 Å². The fourth-order valence-corrected chi connectivity index (χ4v) is 3.91. The van der Waals surface area contributed by atoms with Crippen LogP contribution in [-0.4, -0.2) is 23.5 Å². The number of rotatable bonds is 14. The predicted octanol–water partition coefficient (Wildman–Crippen LogP) is 5.30. The van der Waals surface area contributed by atoms with E-state index in [2.05, 4.69) is 43.1 Å². The van der Waals surface area contributed by atoms with Crippen molar-refractivity contribution in [2.45, 2.75) is 79.1 Å². The van der Waals surface area contributed by atoms with Gasteiger partial charge in [-0.25, -0.2) is 0 Å². The van der Waals surface area contributed by atoms with Crippen LogP contribution in [0.4, 0.5) is 0 Å². The number of unbranched alkanes of at least 4 members (excludes halogenated alkanes) is 2. The second-order valence-electron chi connectivity index (χ2n) is 7.74. The van der Waals surface area contributed by atoms with Crippen molar-refractivity contribution in [1.29, 1.82) is 0 Å². The second kappa shape index (κ2) is 15.5. The van der Waals surface area contributed by atoms with Crippen molar-refractivity contribution < 1.29 is 23.6 Å². The second-order valence-corrected chi connectivity index (χ2v) is 9.15. The average molecular weight is 442 g/mol. The van der Waals surface area contributed by atoms with Crippen LogP contribution in [0, 0.1) is 11.8 Å². The van der Waals surface area contributed by atoms with Gasteiger partial charge in [0.1, 0.15) is 0 Å². The predicted molar refractivity (Wildman–Crippen MR) is 119 cm³/mol. The summed E-state index contributed by atoms with van der Waals surface area (Å²) in [6.45, 7) is 8.91. The number of benzene rings is 1. The summed E-state index contributed by atoms with van der Waals surface area (Å²) in [5.74, 6) is 0.607. The van der Waals surface area contributed by atoms with E-state index in [4.69, 9.17) is 9.05 Å². The number of fused-ring (bicyclic) bond motifs is 1. The summed E-state index contributed by atoms with van der Waals surface area (Å²) in [5.41, 5.74) is 2.01. The smallest absolute Gasteiger partial charge is 0.267 e. The number of hydrogen-bond donors (Lipinski definition) is 1. The Hall–Kier alpha value is -1.27. The van der Waals surface area contributed by atoms with Gasteiger partial charge in [-0.3, -0.25) is 4.57 Å². The molecule has 0 radical (unpaired) electrons. The van der Waals surface area contributed by atoms with Crippen LogP contribution in [0.2, 0.25) is 0 Å². The molecule has 7 nitrogen and oxygen atoms in total. The molecule has 0 fully saturated rings. The Bertz CT molecular complexity index is 671. The zero-order valence-corrected chi connectivity index (χ0v) is 20.0. The zero-order chi connectivity index (χ0) is 22.2. The maximum atomic E-state index is 11.8. The van der Waals surface area contributed by atoms with E-state index in [0.29, 0.717) is 11.8 Å². The van der Waals surface area contributed by atoms with Crippen LogP contribution < -0.4 is 9.99 Å². The summed E-state index contributed by atoms with van der Waals surface area (Å²) in [5, 5.41) is 9.48. The molecule has 2 aromatic rings. The van der Waals surface area contributed by atoms with Gasteiger partial charge in [-0.1, -0.05) is 83.6 Å². The van der Waals surface area contributed by atoms with E-state index in [1.165, 1.54) is 0 Å². The number of phosphoric acid groups is 1. The molecule has 0 saturated heterocycles. The normalized spacial score (nSPS) is 15.2. The van der Waals surface area contributed by atoms with Crippen molar-refractivity contribution in [2.24, 2.45) is 11.8 Å². The lowest BCUT2D eigenvalue weighted by Gasteiger charge is -2.27. The third kappa shape index (κ3) is 11.2. The van der Waals surface area contributed by atoms with Crippen LogP contribution in [0.5, 0.6) is 0 Å². The van der Waals surface area contributed by atoms with Crippen molar-refractivity contribution in [3.05, 3.63) is 24.3 Å². The van der Waals surface area contributed by atoms with Crippen LogP contribution in [-0.2, 0) is 13.6 Å². The Labute approximate surface area is 181 Å². The lowest BCUT2D eigenvalue weighted by molar-refractivity contribution is -0.427. The lowest BCUT2D eigenvalue weighted by atomic mass is 10.0. The molecule has 0 aliphatic heterocycles. The highest BCUT2D eigenvalue weighted by Gasteiger charge is 2.16. The number of hydrogen-bond acceptors (Lipinski definition) is 5. The fourth-order valence-electron chi connectivity index (χ4n) is 3.05. The Morgan fingerprint density at radius 3 is 2.00 bits per heavy atom. The van der Waals surface area contributed by atoms with Gasteiger partial charge in [-0.15, -0.1) is 0 Å². The number of H-pyrrole nitrogens is 2. The first kappa shape index (κ1) is 26.8. The van der Waals surface area contributed by atoms with Gasteiger partial charge in [0.25, 0.3) is 7.82 Å². The van der Waals surface area contributed by atoms with Gasteiger partial charge in [0.05, 0.1) is 13.2 Å². The third-order valence-corrected chi connectivity index (χ3v) is 6.22. The summed E-state index contributed by atoms with van der Waals surface area (Å²) >= 11 is 0. The van der Waals surface area contributed by atoms with Crippen molar-refractivity contribution in [3.8, 4) is 0 Å². The molecule has 8 heteroatoms. The zero-order valence-electron chi connectivity index (χ0n) is 19.1. The molecule has 2 N–H and O–H groups in total. The number of aromatic nitrogens is 3. The van der Waals surface area contributed by atoms with Crippen LogP contribution >= 0.6 is 7.82 Å². The first-order chi connectivity index (χ1) is 14.5. The third-order valence-electron chi connectivity index (χ3n) is 5.29. The summed E-state index contributed by atoms with van der Waals surface area (Å²) in [7, 11) is -4.14. The van der Waals surface area contributed by atoms with Crippen LogP contribution in [0.15, 0.2) is 24.3 Å². The molecule has 0 saturated carbocycles. The highest BCUT2D eigenvalue weighted by Crippen LogP contribution is 2.40. The van der Waals surface area contributed by atoms with E-state index >= 15 is 0 Å². The summed E-state index contributed by atoms with van der Waals surface area (Å²) < 4.78 is 21.9. The van der Waals surface area contributed by atoms with E-state index in [1.54, 1.807) is 0 Å². The molecule has 0 spiro atoms. The summed E-state index contributed by atoms with van der Waals surface area (Å²) in [4.78, 5) is 11.8. The van der Waals surface area contributed by atoms with E-state index in [0.717, 1.165) is 62.4 Å². The topological polar surface area (TPSA) is 101 Å². The van der Waals surface area contributed by atoms with Crippen molar-refractivity contribution in [3.63, 3.8) is 0 Å². The molecule has 2 rings (SSSR count). The SMILES string of the molecule is CCCCC(CC)COP(=O)([O-])OCC(CC)CCCC.c1ccc2[nH+][nH]nc2c1. The van der Waals surface area contributed by atoms with E-state index in [-0.39, 0.29) is 13.2 Å². The largest absolute Gasteiger partial charge is 0.756 e. The number of para-hydroxylation sites is 2. The Morgan fingerprint density at radius 2 is 1.53 bits per heavy atom. The summed E-state index contributed by atoms with van der Waals surface area (Å²) in [6.07, 6.45) is 8.38. The summed E-state index contributed by atoms with van der Waals surface area (Å²) in [6, 6.07) is 7.84. The molecule has 1 aromatic carbocycles. The number of phosphoric ester groups is 1. The van der Waals surface area contributed by atoms with Gasteiger partial charge < -0.3 is 13.9 Å². The number of nitrogens with one attached hydrogen (secondary N) is 2. The van der Waals surface area contributed by atoms with Crippen molar-refractivity contribution in [2.75, 3.05) is 13.2 Å². The molecule has 30 heavy (non-hydrogen) atoms. The minimum atomic E-state index is -4.14. The molecule has 0 aliphatic carbocycles. The van der Waals surface area contributed by atoms with Gasteiger partial charge in [-0.05, 0) is 36.8 Å². The van der Waals surface area contributed by atoms with Gasteiger partial charge >= 0.3 is 0 Å². The van der Waals surface area contributed by atoms with E-state index < -0.39 is 7.82 Å². The first-order valence-electron chi connectivity index (χ1n) is 11.4. The van der Waals surface area contributed by atoms with Gasteiger partial charge in [0.15, 0.2) is 5.52 Å². The molecule has 0 amide bonds. The maximum Gasteiger partial charge on any atom is 0.267 e. The van der Waals surface area contributed by atoms with Gasteiger partial charge in [0, 0.05) is 5.10 Å². The quantitative estimate of drug-likeness (QED) is 0.401. The van der Waals surface area contributed by atoms with Crippen molar-refractivity contribution >= 4 is 18.9 Å². The van der Waals surface area contributed by atoms with Crippen LogP contribution in [0.1, 0.15) is 79.1 Å². The van der Waals surface area contributed by atoms with Crippen LogP contribution in [0.3, 0.4) is 0 Å². The van der Waals surface area contributed by atoms with Crippen LogP contribution in [0.25, 0.3) is 11.0 Å². The molecular weight excluding hydrogens is 401 g/mol. The highest BCUT2D eigenvalue weighted by atomic mass is 31.2. The Balaban J connectivity index is 0.000000405. The minimum absolute atomic E-state index is 0.253. The molecule has 2 atom stereocenters. The molecule has 1 aromatic heterocycles. The monoisotopic (exact) mass is 441 g/mol. The molecule has 1 heterocycles. The van der Waals surface area contributed by atoms with Crippen molar-refractivity contribution in [1.82, 2.24) is 10.3 Å². The lowest BCUT2D eigenvalue weighted by Crippen LogP contribution is -2.17. The standard InChI is InChI=1S/C16H35O4P.C6H5N3/c1-5-9-11-15(7-3)13-19-21(17,18)20-14-16(8-4)12-10-6-2;1-2-4-6-5(3-1)7-9-8-6/h15-16H,5-14H2,1-4H3,(H,17,18);1-4H,(H,7,8,9). The van der Waals surface area contributed by atoms with Gasteiger partial charge in [-0.2, -0.15) is 5.10 Å². The molecule has 0 bridgehead atoms. The van der Waals surface area contributed by atoms with Gasteiger partial charge in [0.2, 0.25) is 5.52 Å². The molecular formula is C22H40N3O4P. The Morgan fingerprint density at radius 1 is 1.00 bits per heavy atom. The van der Waals surface area contributed by atoms with E-state index in [9.17, 15) is 9.46 Å². The first-order valence-corrected chi connectivity index (χ1v) is 12.8. The number of nitrogens with zero attached hydrogens (tertiary/aromatic N) is 1. The molecule has 172 valence electrons.